The van der Waals surface area contributed by atoms with Gasteiger partial charge in [-0.15, -0.1) is 0 Å². The van der Waals surface area contributed by atoms with Crippen LogP contribution in [0.1, 0.15) is 30.9 Å². The van der Waals surface area contributed by atoms with E-state index >= 15 is 0 Å². The summed E-state index contributed by atoms with van der Waals surface area (Å²) < 4.78 is 5.71. The number of morpholine rings is 1. The Morgan fingerprint density at radius 3 is 2.83 bits per heavy atom. The lowest BCUT2D eigenvalue weighted by Gasteiger charge is -2.33. The predicted molar refractivity (Wildman–Crippen MR) is 88.4 cm³/mol. The summed E-state index contributed by atoms with van der Waals surface area (Å²) in [5.74, 6) is -0.167. The second-order valence-electron chi connectivity index (χ2n) is 6.29. The fourth-order valence-electron chi connectivity index (χ4n) is 2.92. The molecule has 1 aliphatic heterocycles. The summed E-state index contributed by atoms with van der Waals surface area (Å²) in [4.78, 5) is 14.4. The number of nitrogens with one attached hydrogen (secondary N) is 1. The monoisotopic (exact) mass is 338 g/mol. The zero-order valence-corrected chi connectivity index (χ0v) is 13.8. The van der Waals surface area contributed by atoms with E-state index in [1.165, 1.54) is 12.8 Å². The number of ether oxygens (including phenoxy) is 1. The van der Waals surface area contributed by atoms with Gasteiger partial charge in [-0.1, -0.05) is 23.7 Å². The van der Waals surface area contributed by atoms with Crippen LogP contribution in [-0.4, -0.2) is 54.3 Å². The van der Waals surface area contributed by atoms with Crippen molar-refractivity contribution in [3.63, 3.8) is 0 Å². The summed E-state index contributed by atoms with van der Waals surface area (Å²) in [7, 11) is 0. The zero-order chi connectivity index (χ0) is 16.2. The van der Waals surface area contributed by atoms with Crippen molar-refractivity contribution in [1.82, 2.24) is 10.2 Å². The van der Waals surface area contributed by atoms with Crippen molar-refractivity contribution < 1.29 is 14.6 Å². The number of rotatable bonds is 6. The van der Waals surface area contributed by atoms with Crippen LogP contribution in [0.3, 0.4) is 0 Å². The quantitative estimate of drug-likeness (QED) is 0.829. The van der Waals surface area contributed by atoms with Gasteiger partial charge in [0.25, 0.3) is 0 Å². The molecule has 6 heteroatoms. The Morgan fingerprint density at radius 1 is 1.39 bits per heavy atom. The van der Waals surface area contributed by atoms with Gasteiger partial charge in [-0.05, 0) is 30.5 Å². The molecule has 0 radical (unpaired) electrons. The van der Waals surface area contributed by atoms with E-state index in [0.717, 1.165) is 25.7 Å². The number of hydrogen-bond donors (Lipinski definition) is 2. The van der Waals surface area contributed by atoms with Crippen LogP contribution in [0.25, 0.3) is 0 Å². The number of nitrogens with zero attached hydrogens (tertiary/aromatic N) is 1. The predicted octanol–water partition coefficient (Wildman–Crippen LogP) is 1.74. The molecule has 1 aromatic carbocycles. The minimum Gasteiger partial charge on any atom is -0.388 e. The first-order valence-electron chi connectivity index (χ1n) is 8.17. The molecule has 2 atom stereocenters. The van der Waals surface area contributed by atoms with Crippen LogP contribution in [0, 0.1) is 0 Å². The Bertz CT molecular complexity index is 533. The molecule has 1 aromatic rings. The normalized spacial score (nSPS) is 23.5. The molecule has 2 fully saturated rings. The lowest BCUT2D eigenvalue weighted by molar-refractivity contribution is -0.124. The second-order valence-corrected chi connectivity index (χ2v) is 6.73. The van der Waals surface area contributed by atoms with E-state index in [0.29, 0.717) is 17.1 Å². The molecule has 1 amide bonds. The smallest absolute Gasteiger partial charge is 0.223 e. The summed E-state index contributed by atoms with van der Waals surface area (Å²) in [6.07, 6.45) is 1.84. The van der Waals surface area contributed by atoms with E-state index in [4.69, 9.17) is 16.3 Å². The number of amides is 1. The van der Waals surface area contributed by atoms with Crippen molar-refractivity contribution in [1.29, 1.82) is 0 Å². The Labute approximate surface area is 141 Å². The van der Waals surface area contributed by atoms with Crippen molar-refractivity contribution in [2.24, 2.45) is 0 Å². The lowest BCUT2D eigenvalue weighted by atomic mass is 10.1. The molecule has 1 saturated carbocycles. The van der Waals surface area contributed by atoms with Crippen LogP contribution >= 0.6 is 11.6 Å². The molecule has 2 N–H and O–H groups in total. The molecule has 23 heavy (non-hydrogen) atoms. The second kappa shape index (κ2) is 7.62. The van der Waals surface area contributed by atoms with Crippen LogP contribution in [-0.2, 0) is 9.53 Å². The highest BCUT2D eigenvalue weighted by Crippen LogP contribution is 2.28. The van der Waals surface area contributed by atoms with Crippen molar-refractivity contribution in [3.8, 4) is 0 Å². The maximum atomic E-state index is 12.0. The standard InChI is InChI=1S/C17H23ClN2O3/c18-13-3-1-12(2-4-13)16(21)9-17(22)19-10-15-11-20(7-8-23-15)14-5-6-14/h1-4,14-16,21H,5-11H2,(H,19,22). The third-order valence-corrected chi connectivity index (χ3v) is 4.65. The first-order chi connectivity index (χ1) is 11.1. The number of halogens is 1. The summed E-state index contributed by atoms with van der Waals surface area (Å²) in [5, 5.41) is 13.6. The van der Waals surface area contributed by atoms with Gasteiger partial charge in [0.1, 0.15) is 0 Å². The third-order valence-electron chi connectivity index (χ3n) is 4.39. The highest BCUT2D eigenvalue weighted by atomic mass is 35.5. The molecule has 2 unspecified atom stereocenters. The largest absolute Gasteiger partial charge is 0.388 e. The minimum absolute atomic E-state index is 0.0424. The van der Waals surface area contributed by atoms with Crippen LogP contribution < -0.4 is 5.32 Å². The summed E-state index contributed by atoms with van der Waals surface area (Å²) in [5.41, 5.74) is 0.693. The average molecular weight is 339 g/mol. The molecule has 2 aliphatic rings. The fourth-order valence-corrected chi connectivity index (χ4v) is 3.04. The molecule has 1 heterocycles. The Balaban J connectivity index is 1.41. The number of carbonyl (C=O) groups excluding carboxylic acids is 1. The highest BCUT2D eigenvalue weighted by molar-refractivity contribution is 6.30. The van der Waals surface area contributed by atoms with Gasteiger partial charge in [-0.2, -0.15) is 0 Å². The number of benzene rings is 1. The van der Waals surface area contributed by atoms with Gasteiger partial charge in [0.2, 0.25) is 5.91 Å². The molecular formula is C17H23ClN2O3. The van der Waals surface area contributed by atoms with Crippen LogP contribution in [0.15, 0.2) is 24.3 Å². The highest BCUT2D eigenvalue weighted by Gasteiger charge is 2.33. The zero-order valence-electron chi connectivity index (χ0n) is 13.1. The molecule has 0 aromatic heterocycles. The fraction of sp³-hybridized carbons (Fsp3) is 0.588. The van der Waals surface area contributed by atoms with E-state index in [1.54, 1.807) is 24.3 Å². The molecule has 3 rings (SSSR count). The van der Waals surface area contributed by atoms with E-state index in [1.807, 2.05) is 0 Å². The van der Waals surface area contributed by atoms with Gasteiger partial charge >= 0.3 is 0 Å². The van der Waals surface area contributed by atoms with Crippen molar-refractivity contribution >= 4 is 17.5 Å². The van der Waals surface area contributed by atoms with Crippen molar-refractivity contribution in [2.75, 3.05) is 26.2 Å². The number of aliphatic hydroxyl groups excluding tert-OH is 1. The van der Waals surface area contributed by atoms with E-state index in [-0.39, 0.29) is 18.4 Å². The van der Waals surface area contributed by atoms with Crippen molar-refractivity contribution in [2.45, 2.75) is 37.5 Å². The maximum absolute atomic E-state index is 12.0. The number of carbonyl (C=O) groups is 1. The number of aliphatic hydroxyl groups is 1. The Morgan fingerprint density at radius 2 is 2.13 bits per heavy atom. The molecular weight excluding hydrogens is 316 g/mol. The van der Waals surface area contributed by atoms with Gasteiger partial charge in [-0.3, -0.25) is 9.69 Å². The van der Waals surface area contributed by atoms with Gasteiger partial charge in [0.05, 0.1) is 25.2 Å². The Hall–Kier alpha value is -1.14. The van der Waals surface area contributed by atoms with Gasteiger partial charge < -0.3 is 15.2 Å². The van der Waals surface area contributed by atoms with Crippen LogP contribution in [0.4, 0.5) is 0 Å². The molecule has 0 spiro atoms. The molecule has 5 nitrogen and oxygen atoms in total. The van der Waals surface area contributed by atoms with Gasteiger partial charge in [-0.25, -0.2) is 0 Å². The maximum Gasteiger partial charge on any atom is 0.223 e. The third kappa shape index (κ3) is 4.91. The molecule has 0 bridgehead atoms. The Kier molecular flexibility index (Phi) is 5.54. The van der Waals surface area contributed by atoms with E-state index < -0.39 is 6.10 Å². The first kappa shape index (κ1) is 16.7. The van der Waals surface area contributed by atoms with E-state index in [2.05, 4.69) is 10.2 Å². The summed E-state index contributed by atoms with van der Waals surface area (Å²) in [6, 6.07) is 7.61. The minimum atomic E-state index is -0.817. The lowest BCUT2D eigenvalue weighted by Crippen LogP contribution is -2.48. The SMILES string of the molecule is O=C(CC(O)c1ccc(Cl)cc1)NCC1CN(C2CC2)CCO1. The molecule has 1 aliphatic carbocycles. The first-order valence-corrected chi connectivity index (χ1v) is 8.55. The average Bonchev–Trinajstić information content (AvgIpc) is 3.39. The van der Waals surface area contributed by atoms with Gasteiger partial charge in [0, 0.05) is 30.7 Å². The van der Waals surface area contributed by atoms with E-state index in [9.17, 15) is 9.90 Å². The van der Waals surface area contributed by atoms with Crippen molar-refractivity contribution in [3.05, 3.63) is 34.9 Å². The summed E-state index contributed by atoms with van der Waals surface area (Å²) in [6.45, 7) is 3.09. The van der Waals surface area contributed by atoms with Gasteiger partial charge in [0.15, 0.2) is 0 Å². The summed E-state index contributed by atoms with van der Waals surface area (Å²) >= 11 is 5.82. The van der Waals surface area contributed by atoms with Crippen LogP contribution in [0.5, 0.6) is 0 Å². The number of hydrogen-bond acceptors (Lipinski definition) is 4. The molecule has 126 valence electrons. The molecule has 1 saturated heterocycles. The topological polar surface area (TPSA) is 61.8 Å². The van der Waals surface area contributed by atoms with Crippen LogP contribution in [0.2, 0.25) is 5.02 Å².